The number of hydrogen-bond acceptors (Lipinski definition) is 1. The first-order valence-electron chi connectivity index (χ1n) is 8.58. The number of rotatable bonds is 4. The summed E-state index contributed by atoms with van der Waals surface area (Å²) < 4.78 is 0. The molecule has 0 spiro atoms. The largest absolute Gasteiger partial charge is 0.337 e. The van der Waals surface area contributed by atoms with Crippen molar-refractivity contribution in [3.63, 3.8) is 0 Å². The zero-order chi connectivity index (χ0) is 17.3. The van der Waals surface area contributed by atoms with Crippen LogP contribution < -0.4 is 4.99 Å². The Hall–Kier alpha value is -2.42. The van der Waals surface area contributed by atoms with Crippen molar-refractivity contribution in [3.8, 4) is 0 Å². The molecule has 0 atom stereocenters. The lowest BCUT2D eigenvalue weighted by Crippen LogP contribution is -2.91. The van der Waals surface area contributed by atoms with E-state index in [1.165, 1.54) is 0 Å². The number of likely N-dealkylation sites (tertiary alicyclic amines) is 1. The van der Waals surface area contributed by atoms with Gasteiger partial charge in [0.25, 0.3) is 5.84 Å². The first-order chi connectivity index (χ1) is 11.5. The Morgan fingerprint density at radius 2 is 1.29 bits per heavy atom. The van der Waals surface area contributed by atoms with Gasteiger partial charge in [-0.05, 0) is 38.8 Å². The van der Waals surface area contributed by atoms with Gasteiger partial charge in [0.2, 0.25) is 5.41 Å². The number of carbonyl (C=O) groups excluding carboxylic acids is 1. The van der Waals surface area contributed by atoms with Gasteiger partial charge in [-0.3, -0.25) is 4.99 Å². The zero-order valence-electron chi connectivity index (χ0n) is 14.8. The van der Waals surface area contributed by atoms with Crippen molar-refractivity contribution >= 4 is 11.7 Å². The van der Waals surface area contributed by atoms with E-state index in [2.05, 4.69) is 32.7 Å². The summed E-state index contributed by atoms with van der Waals surface area (Å²) in [6.07, 6.45) is 0. The molecule has 1 fully saturated rings. The second-order valence-corrected chi connectivity index (χ2v) is 6.90. The van der Waals surface area contributed by atoms with E-state index >= 15 is 0 Å². The third-order valence-electron chi connectivity index (χ3n) is 4.49. The average molecular weight is 321 g/mol. The average Bonchev–Trinajstić information content (AvgIpc) is 2.56. The molecule has 1 heterocycles. The monoisotopic (exact) mass is 321 g/mol. The SMILES string of the molecule is CC(C)[NH+]=C1N(C(C)C)C(=O)C1(c1ccccc1)c1ccccc1. The topological polar surface area (TPSA) is 34.3 Å². The molecule has 1 aliphatic heterocycles. The van der Waals surface area contributed by atoms with Crippen molar-refractivity contribution in [3.05, 3.63) is 71.8 Å². The van der Waals surface area contributed by atoms with E-state index < -0.39 is 5.41 Å². The van der Waals surface area contributed by atoms with E-state index in [0.29, 0.717) is 0 Å². The molecule has 24 heavy (non-hydrogen) atoms. The minimum absolute atomic E-state index is 0.124. The minimum atomic E-state index is -0.739. The molecule has 1 aliphatic rings. The second-order valence-electron chi connectivity index (χ2n) is 6.90. The van der Waals surface area contributed by atoms with E-state index in [1.54, 1.807) is 0 Å². The van der Waals surface area contributed by atoms with Gasteiger partial charge >= 0.3 is 5.91 Å². The molecule has 1 N–H and O–H groups in total. The summed E-state index contributed by atoms with van der Waals surface area (Å²) in [5, 5.41) is 0. The van der Waals surface area contributed by atoms with Crippen LogP contribution in [0.1, 0.15) is 38.8 Å². The molecule has 0 aromatic heterocycles. The Kier molecular flexibility index (Phi) is 4.27. The third kappa shape index (κ3) is 2.35. The van der Waals surface area contributed by atoms with Crippen molar-refractivity contribution in [2.45, 2.75) is 45.2 Å². The highest BCUT2D eigenvalue weighted by atomic mass is 16.2. The standard InChI is InChI=1S/C21H24N2O/c1-15(2)22-19-21(17-11-7-5-8-12-17,18-13-9-6-10-14-18)20(24)23(19)16(3)4/h5-16H,1-4H3/p+1. The summed E-state index contributed by atoms with van der Waals surface area (Å²) in [5.41, 5.74) is 1.29. The van der Waals surface area contributed by atoms with Crippen LogP contribution in [-0.4, -0.2) is 28.7 Å². The first-order valence-corrected chi connectivity index (χ1v) is 8.58. The van der Waals surface area contributed by atoms with Crippen LogP contribution in [0.25, 0.3) is 0 Å². The molecule has 0 radical (unpaired) electrons. The summed E-state index contributed by atoms with van der Waals surface area (Å²) in [5.74, 6) is 1.12. The molecular weight excluding hydrogens is 296 g/mol. The number of β-lactam (4-membered cyclic amide) rings is 1. The van der Waals surface area contributed by atoms with Crippen LogP contribution in [0.3, 0.4) is 0 Å². The van der Waals surface area contributed by atoms with Gasteiger partial charge in [-0.15, -0.1) is 0 Å². The van der Waals surface area contributed by atoms with Crippen LogP contribution in [0.4, 0.5) is 0 Å². The normalized spacial score (nSPS) is 18.3. The number of nitrogens with one attached hydrogen (secondary N) is 1. The van der Waals surface area contributed by atoms with Gasteiger partial charge in [0.1, 0.15) is 0 Å². The van der Waals surface area contributed by atoms with Gasteiger partial charge in [0.15, 0.2) is 0 Å². The maximum absolute atomic E-state index is 13.4. The van der Waals surface area contributed by atoms with Crippen molar-refractivity contribution in [1.29, 1.82) is 0 Å². The molecule has 0 bridgehead atoms. The molecule has 1 amide bonds. The second kappa shape index (κ2) is 6.23. The van der Waals surface area contributed by atoms with Crippen molar-refractivity contribution < 1.29 is 9.79 Å². The van der Waals surface area contributed by atoms with Gasteiger partial charge in [-0.2, -0.15) is 4.90 Å². The van der Waals surface area contributed by atoms with E-state index in [1.807, 2.05) is 65.6 Å². The molecule has 2 aromatic rings. The Bertz CT molecular complexity index is 708. The highest BCUT2D eigenvalue weighted by Crippen LogP contribution is 2.43. The highest BCUT2D eigenvalue weighted by Gasteiger charge is 2.68. The lowest BCUT2D eigenvalue weighted by atomic mass is 9.66. The molecule has 1 saturated heterocycles. The molecule has 3 heteroatoms. The lowest BCUT2D eigenvalue weighted by Gasteiger charge is -2.45. The van der Waals surface area contributed by atoms with Crippen molar-refractivity contribution in [2.75, 3.05) is 0 Å². The van der Waals surface area contributed by atoms with Gasteiger partial charge < -0.3 is 0 Å². The van der Waals surface area contributed by atoms with Crippen LogP contribution in [-0.2, 0) is 10.2 Å². The predicted molar refractivity (Wildman–Crippen MR) is 96.8 cm³/mol. The number of hydrogen-bond donors (Lipinski definition) is 1. The van der Waals surface area contributed by atoms with Gasteiger partial charge in [0.05, 0.1) is 12.1 Å². The molecular formula is C21H25N2O+. The van der Waals surface area contributed by atoms with Crippen molar-refractivity contribution in [2.24, 2.45) is 0 Å². The quantitative estimate of drug-likeness (QED) is 0.860. The van der Waals surface area contributed by atoms with Crippen LogP contribution in [0, 0.1) is 0 Å². The molecule has 124 valence electrons. The predicted octanol–water partition coefficient (Wildman–Crippen LogP) is 2.11. The van der Waals surface area contributed by atoms with Crippen LogP contribution in [0.15, 0.2) is 60.7 Å². The molecule has 0 saturated carbocycles. The number of amidine groups is 1. The maximum atomic E-state index is 13.4. The smallest absolute Gasteiger partial charge is 0.274 e. The Balaban J connectivity index is 2.28. The van der Waals surface area contributed by atoms with E-state index in [4.69, 9.17) is 0 Å². The number of carbonyl (C=O) groups is 1. The van der Waals surface area contributed by atoms with E-state index in [-0.39, 0.29) is 18.0 Å². The van der Waals surface area contributed by atoms with E-state index in [9.17, 15) is 4.79 Å². The lowest BCUT2D eigenvalue weighted by molar-refractivity contribution is -0.503. The summed E-state index contributed by atoms with van der Waals surface area (Å²) in [6.45, 7) is 8.32. The maximum Gasteiger partial charge on any atom is 0.337 e. The van der Waals surface area contributed by atoms with Gasteiger partial charge in [0, 0.05) is 0 Å². The fourth-order valence-electron chi connectivity index (χ4n) is 3.52. The molecule has 0 aliphatic carbocycles. The molecule has 0 unspecified atom stereocenters. The fourth-order valence-corrected chi connectivity index (χ4v) is 3.52. The van der Waals surface area contributed by atoms with Crippen LogP contribution in [0.5, 0.6) is 0 Å². The van der Waals surface area contributed by atoms with Crippen molar-refractivity contribution in [1.82, 2.24) is 4.90 Å². The summed E-state index contributed by atoms with van der Waals surface area (Å²) in [6, 6.07) is 20.5. The molecule has 3 nitrogen and oxygen atoms in total. The fraction of sp³-hybridized carbons (Fsp3) is 0.333. The minimum Gasteiger partial charge on any atom is -0.274 e. The highest BCUT2D eigenvalue weighted by molar-refractivity contribution is 6.29. The number of nitrogens with zero attached hydrogens (tertiary/aromatic N) is 1. The van der Waals surface area contributed by atoms with Gasteiger partial charge in [-0.25, -0.2) is 4.79 Å². The Labute approximate surface area is 144 Å². The van der Waals surface area contributed by atoms with Crippen LogP contribution in [0.2, 0.25) is 0 Å². The van der Waals surface area contributed by atoms with Gasteiger partial charge in [-0.1, -0.05) is 60.7 Å². The van der Waals surface area contributed by atoms with Crippen LogP contribution >= 0.6 is 0 Å². The van der Waals surface area contributed by atoms with E-state index in [0.717, 1.165) is 17.0 Å². The third-order valence-corrected chi connectivity index (χ3v) is 4.49. The summed E-state index contributed by atoms with van der Waals surface area (Å²) in [7, 11) is 0. The number of benzene rings is 2. The summed E-state index contributed by atoms with van der Waals surface area (Å²) in [4.78, 5) is 18.8. The number of amides is 1. The molecule has 2 aromatic carbocycles. The Morgan fingerprint density at radius 3 is 1.67 bits per heavy atom. The summed E-state index contributed by atoms with van der Waals surface area (Å²) >= 11 is 0. The Morgan fingerprint density at radius 1 is 0.833 bits per heavy atom. The molecule has 3 rings (SSSR count). The first kappa shape index (κ1) is 16.4. The zero-order valence-corrected chi connectivity index (χ0v) is 14.8.